The van der Waals surface area contributed by atoms with Crippen LogP contribution in [0.15, 0.2) is 17.3 Å². The van der Waals surface area contributed by atoms with Crippen molar-refractivity contribution in [2.24, 2.45) is 7.05 Å². The summed E-state index contributed by atoms with van der Waals surface area (Å²) in [5.74, 6) is 0. The van der Waals surface area contributed by atoms with Crippen LogP contribution in [0.1, 0.15) is 6.92 Å². The van der Waals surface area contributed by atoms with Gasteiger partial charge in [0.15, 0.2) is 0 Å². The molecule has 58 valence electrons. The Labute approximate surface area is 70.0 Å². The van der Waals surface area contributed by atoms with Gasteiger partial charge in [-0.2, -0.15) is 10.4 Å². The third kappa shape index (κ3) is 2.28. The molecule has 1 aromatic rings. The molecule has 1 unspecified atom stereocenters. The minimum atomic E-state index is -0.000741. The lowest BCUT2D eigenvalue weighted by molar-refractivity contribution is 0.766. The van der Waals surface area contributed by atoms with E-state index in [1.807, 2.05) is 20.2 Å². The smallest absolute Gasteiger partial charge is 0.0936 e. The predicted molar refractivity (Wildman–Crippen MR) is 44.1 cm³/mol. The Balaban J connectivity index is 2.59. The van der Waals surface area contributed by atoms with Crippen LogP contribution in [0.25, 0.3) is 0 Å². The van der Waals surface area contributed by atoms with E-state index in [2.05, 4.69) is 11.2 Å². The van der Waals surface area contributed by atoms with Crippen molar-refractivity contribution in [3.8, 4) is 6.07 Å². The fraction of sp³-hybridized carbons (Fsp3) is 0.429. The highest BCUT2D eigenvalue weighted by atomic mass is 32.2. The van der Waals surface area contributed by atoms with E-state index in [0.29, 0.717) is 0 Å². The minimum absolute atomic E-state index is 0.000741. The van der Waals surface area contributed by atoms with Gasteiger partial charge >= 0.3 is 0 Å². The molecular formula is C7H9N3S. The van der Waals surface area contributed by atoms with E-state index >= 15 is 0 Å². The van der Waals surface area contributed by atoms with Gasteiger partial charge in [0.05, 0.1) is 17.5 Å². The first kappa shape index (κ1) is 8.15. The van der Waals surface area contributed by atoms with Gasteiger partial charge in [-0.3, -0.25) is 4.68 Å². The third-order valence-corrected chi connectivity index (χ3v) is 2.12. The molecule has 0 aliphatic carbocycles. The fourth-order valence-corrected chi connectivity index (χ4v) is 1.47. The Morgan fingerprint density at radius 2 is 2.55 bits per heavy atom. The zero-order chi connectivity index (χ0) is 8.27. The number of thioether (sulfide) groups is 1. The van der Waals surface area contributed by atoms with Crippen molar-refractivity contribution in [3.05, 3.63) is 12.4 Å². The molecule has 1 rings (SSSR count). The topological polar surface area (TPSA) is 41.6 Å². The molecule has 0 radical (unpaired) electrons. The molecule has 0 bridgehead atoms. The van der Waals surface area contributed by atoms with Gasteiger partial charge in [-0.25, -0.2) is 0 Å². The zero-order valence-corrected chi connectivity index (χ0v) is 7.30. The summed E-state index contributed by atoms with van der Waals surface area (Å²) in [6, 6.07) is 2.15. The van der Waals surface area contributed by atoms with Crippen LogP contribution in [0.2, 0.25) is 0 Å². The van der Waals surface area contributed by atoms with Crippen LogP contribution in [0.5, 0.6) is 0 Å². The predicted octanol–water partition coefficient (Wildman–Crippen LogP) is 1.42. The van der Waals surface area contributed by atoms with E-state index in [0.717, 1.165) is 4.90 Å². The summed E-state index contributed by atoms with van der Waals surface area (Å²) >= 11 is 1.52. The lowest BCUT2D eigenvalue weighted by atomic mass is 10.5. The van der Waals surface area contributed by atoms with E-state index in [9.17, 15) is 0 Å². The molecular weight excluding hydrogens is 158 g/mol. The van der Waals surface area contributed by atoms with Gasteiger partial charge in [0, 0.05) is 18.1 Å². The summed E-state index contributed by atoms with van der Waals surface area (Å²) in [4.78, 5) is 1.04. The second-order valence-corrected chi connectivity index (χ2v) is 3.65. The van der Waals surface area contributed by atoms with Gasteiger partial charge < -0.3 is 0 Å². The van der Waals surface area contributed by atoms with E-state index in [4.69, 9.17) is 5.26 Å². The molecule has 0 saturated heterocycles. The van der Waals surface area contributed by atoms with Gasteiger partial charge in [0.1, 0.15) is 0 Å². The van der Waals surface area contributed by atoms with Gasteiger partial charge in [-0.15, -0.1) is 11.8 Å². The average molecular weight is 167 g/mol. The highest BCUT2D eigenvalue weighted by Crippen LogP contribution is 2.20. The zero-order valence-electron chi connectivity index (χ0n) is 6.48. The number of nitrogens with zero attached hydrogens (tertiary/aromatic N) is 3. The molecule has 0 saturated carbocycles. The van der Waals surface area contributed by atoms with Crippen LogP contribution in [0, 0.1) is 11.3 Å². The minimum Gasteiger partial charge on any atom is -0.275 e. The number of aryl methyl sites for hydroxylation is 1. The highest BCUT2D eigenvalue weighted by molar-refractivity contribution is 8.00. The monoisotopic (exact) mass is 167 g/mol. The van der Waals surface area contributed by atoms with Gasteiger partial charge in [-0.05, 0) is 6.92 Å². The Kier molecular flexibility index (Phi) is 2.55. The lowest BCUT2D eigenvalue weighted by Crippen LogP contribution is -1.88. The first-order chi connectivity index (χ1) is 5.22. The van der Waals surface area contributed by atoms with Crippen LogP contribution in [0.4, 0.5) is 0 Å². The van der Waals surface area contributed by atoms with Crippen LogP contribution in [-0.2, 0) is 7.05 Å². The largest absolute Gasteiger partial charge is 0.275 e. The molecule has 1 heterocycles. The van der Waals surface area contributed by atoms with Crippen molar-refractivity contribution in [2.75, 3.05) is 0 Å². The Hall–Kier alpha value is -0.950. The number of hydrogen-bond donors (Lipinski definition) is 0. The Morgan fingerprint density at radius 3 is 3.00 bits per heavy atom. The lowest BCUT2D eigenvalue weighted by Gasteiger charge is -1.95. The SMILES string of the molecule is CC(C#N)Sc1cnn(C)c1. The quantitative estimate of drug-likeness (QED) is 0.625. The molecule has 0 aromatic carbocycles. The van der Waals surface area contributed by atoms with E-state index in [1.54, 1.807) is 10.9 Å². The highest BCUT2D eigenvalue weighted by Gasteiger charge is 2.02. The summed E-state index contributed by atoms with van der Waals surface area (Å²) in [5.41, 5.74) is 0. The molecule has 3 nitrogen and oxygen atoms in total. The van der Waals surface area contributed by atoms with Gasteiger partial charge in [0.25, 0.3) is 0 Å². The normalized spacial score (nSPS) is 12.5. The molecule has 0 aliphatic heterocycles. The second-order valence-electron chi connectivity index (χ2n) is 2.24. The average Bonchev–Trinajstić information content (AvgIpc) is 2.35. The molecule has 0 N–H and O–H groups in total. The number of aromatic nitrogens is 2. The molecule has 0 amide bonds. The van der Waals surface area contributed by atoms with Crippen LogP contribution in [-0.4, -0.2) is 15.0 Å². The molecule has 11 heavy (non-hydrogen) atoms. The van der Waals surface area contributed by atoms with Gasteiger partial charge in [-0.1, -0.05) is 0 Å². The van der Waals surface area contributed by atoms with E-state index in [1.165, 1.54) is 11.8 Å². The number of rotatable bonds is 2. The van der Waals surface area contributed by atoms with Crippen LogP contribution >= 0.6 is 11.8 Å². The summed E-state index contributed by atoms with van der Waals surface area (Å²) < 4.78 is 1.73. The maximum atomic E-state index is 8.50. The molecule has 4 heteroatoms. The first-order valence-corrected chi connectivity index (χ1v) is 4.15. The van der Waals surface area contributed by atoms with Crippen molar-refractivity contribution in [2.45, 2.75) is 17.1 Å². The summed E-state index contributed by atoms with van der Waals surface area (Å²) in [7, 11) is 1.86. The van der Waals surface area contributed by atoms with Crippen molar-refractivity contribution in [1.29, 1.82) is 5.26 Å². The molecule has 0 fully saturated rings. The third-order valence-electron chi connectivity index (χ3n) is 1.18. The molecule has 1 atom stereocenters. The van der Waals surface area contributed by atoms with Crippen molar-refractivity contribution < 1.29 is 0 Å². The fourth-order valence-electron chi connectivity index (χ4n) is 0.690. The van der Waals surface area contributed by atoms with Crippen molar-refractivity contribution >= 4 is 11.8 Å². The maximum absolute atomic E-state index is 8.50. The number of hydrogen-bond acceptors (Lipinski definition) is 3. The summed E-state index contributed by atoms with van der Waals surface area (Å²) in [5, 5.41) is 12.5. The van der Waals surface area contributed by atoms with Crippen LogP contribution in [0.3, 0.4) is 0 Å². The second kappa shape index (κ2) is 3.44. The van der Waals surface area contributed by atoms with E-state index in [-0.39, 0.29) is 5.25 Å². The number of nitriles is 1. The van der Waals surface area contributed by atoms with Crippen molar-refractivity contribution in [1.82, 2.24) is 9.78 Å². The first-order valence-electron chi connectivity index (χ1n) is 3.27. The Morgan fingerprint density at radius 1 is 1.82 bits per heavy atom. The standard InChI is InChI=1S/C7H9N3S/c1-6(3-8)11-7-4-9-10(2)5-7/h4-6H,1-2H3. The molecule has 1 aromatic heterocycles. The maximum Gasteiger partial charge on any atom is 0.0936 e. The van der Waals surface area contributed by atoms with Crippen LogP contribution < -0.4 is 0 Å². The van der Waals surface area contributed by atoms with E-state index < -0.39 is 0 Å². The Bertz CT molecular complexity index is 273. The molecule has 0 aliphatic rings. The summed E-state index contributed by atoms with van der Waals surface area (Å²) in [6.45, 7) is 1.87. The van der Waals surface area contributed by atoms with Crippen molar-refractivity contribution in [3.63, 3.8) is 0 Å². The summed E-state index contributed by atoms with van der Waals surface area (Å²) in [6.07, 6.45) is 3.66. The molecule has 0 spiro atoms. The van der Waals surface area contributed by atoms with Gasteiger partial charge in [0.2, 0.25) is 0 Å².